The van der Waals surface area contributed by atoms with E-state index in [0.717, 1.165) is 12.0 Å². The first-order valence-electron chi connectivity index (χ1n) is 7.70. The van der Waals surface area contributed by atoms with E-state index in [1.54, 1.807) is 0 Å². The summed E-state index contributed by atoms with van der Waals surface area (Å²) in [6.45, 7) is 2.19. The Kier molecular flexibility index (Phi) is 4.25. The molecule has 114 valence electrons. The molecule has 22 heavy (non-hydrogen) atoms. The largest absolute Gasteiger partial charge is 0.464 e. The molecule has 3 heteroatoms. The molecule has 0 aliphatic carbocycles. The standard InChI is InChI=1S/C19H20O3/c1-2-21-18(20)19(14-13-15-9-5-3-6-10-15)17(22-19)16-11-7-4-8-12-16/h3-12,17H,2,13-14H2,1H3/t17-,19-/m1/s1. The van der Waals surface area contributed by atoms with E-state index in [0.29, 0.717) is 13.0 Å². The summed E-state index contributed by atoms with van der Waals surface area (Å²) in [5, 5.41) is 0. The highest BCUT2D eigenvalue weighted by Crippen LogP contribution is 2.53. The maximum absolute atomic E-state index is 12.4. The molecule has 0 N–H and O–H groups in total. The van der Waals surface area contributed by atoms with Gasteiger partial charge in [0.15, 0.2) is 5.60 Å². The fourth-order valence-corrected chi connectivity index (χ4v) is 2.82. The molecule has 1 aliphatic rings. The summed E-state index contributed by atoms with van der Waals surface area (Å²) in [5.74, 6) is -0.250. The summed E-state index contributed by atoms with van der Waals surface area (Å²) in [6, 6.07) is 20.0. The number of rotatable bonds is 6. The molecule has 0 amide bonds. The van der Waals surface area contributed by atoms with Crippen LogP contribution < -0.4 is 0 Å². The van der Waals surface area contributed by atoms with E-state index < -0.39 is 5.60 Å². The summed E-state index contributed by atoms with van der Waals surface area (Å²) in [4.78, 5) is 12.4. The summed E-state index contributed by atoms with van der Waals surface area (Å²) >= 11 is 0. The zero-order valence-corrected chi connectivity index (χ0v) is 12.7. The Balaban J connectivity index is 1.76. The summed E-state index contributed by atoms with van der Waals surface area (Å²) in [5.41, 5.74) is 1.41. The highest BCUT2D eigenvalue weighted by Gasteiger charge is 2.63. The van der Waals surface area contributed by atoms with Gasteiger partial charge in [0.2, 0.25) is 0 Å². The van der Waals surface area contributed by atoms with Crippen molar-refractivity contribution in [3.63, 3.8) is 0 Å². The van der Waals surface area contributed by atoms with E-state index >= 15 is 0 Å². The average molecular weight is 296 g/mol. The lowest BCUT2D eigenvalue weighted by Crippen LogP contribution is -2.28. The molecule has 0 unspecified atom stereocenters. The van der Waals surface area contributed by atoms with Gasteiger partial charge < -0.3 is 9.47 Å². The van der Waals surface area contributed by atoms with Crippen LogP contribution in [0.1, 0.15) is 30.6 Å². The van der Waals surface area contributed by atoms with E-state index in [4.69, 9.17) is 9.47 Å². The van der Waals surface area contributed by atoms with Gasteiger partial charge in [-0.1, -0.05) is 60.7 Å². The molecular formula is C19H20O3. The van der Waals surface area contributed by atoms with Crippen molar-refractivity contribution in [2.24, 2.45) is 0 Å². The third-order valence-electron chi connectivity index (χ3n) is 4.05. The molecule has 2 atom stereocenters. The van der Waals surface area contributed by atoms with Gasteiger partial charge in [-0.25, -0.2) is 4.79 Å². The van der Waals surface area contributed by atoms with E-state index in [2.05, 4.69) is 12.1 Å². The number of hydrogen-bond acceptors (Lipinski definition) is 3. The fourth-order valence-electron chi connectivity index (χ4n) is 2.82. The molecule has 1 heterocycles. The highest BCUT2D eigenvalue weighted by atomic mass is 16.7. The summed E-state index contributed by atoms with van der Waals surface area (Å²) in [7, 11) is 0. The highest BCUT2D eigenvalue weighted by molar-refractivity contribution is 5.84. The number of benzene rings is 2. The molecular weight excluding hydrogens is 276 g/mol. The number of carbonyl (C=O) groups excluding carboxylic acids is 1. The predicted octanol–water partition coefficient (Wildman–Crippen LogP) is 3.69. The molecule has 1 saturated heterocycles. The van der Waals surface area contributed by atoms with Crippen LogP contribution in [0, 0.1) is 0 Å². The lowest BCUT2D eigenvalue weighted by Gasteiger charge is -2.12. The van der Waals surface area contributed by atoms with Gasteiger partial charge in [-0.05, 0) is 30.9 Å². The first-order valence-corrected chi connectivity index (χ1v) is 7.70. The number of aryl methyl sites for hydroxylation is 1. The number of hydrogen-bond donors (Lipinski definition) is 0. The van der Waals surface area contributed by atoms with Crippen molar-refractivity contribution in [1.29, 1.82) is 0 Å². The van der Waals surface area contributed by atoms with E-state index in [1.165, 1.54) is 5.56 Å². The molecule has 0 spiro atoms. The van der Waals surface area contributed by atoms with E-state index in [-0.39, 0.29) is 12.1 Å². The number of carbonyl (C=O) groups is 1. The molecule has 2 aromatic rings. The zero-order valence-electron chi connectivity index (χ0n) is 12.7. The van der Waals surface area contributed by atoms with Gasteiger partial charge in [0, 0.05) is 0 Å². The monoisotopic (exact) mass is 296 g/mol. The Labute approximate surface area is 130 Å². The molecule has 0 bridgehead atoms. The SMILES string of the molecule is CCOC(=O)[C@]1(CCc2ccccc2)O[C@@H]1c1ccccc1. The van der Waals surface area contributed by atoms with Crippen LogP contribution in [0.5, 0.6) is 0 Å². The minimum absolute atomic E-state index is 0.198. The Bertz CT molecular complexity index is 624. The van der Waals surface area contributed by atoms with Gasteiger partial charge in [0.05, 0.1) is 6.61 Å². The van der Waals surface area contributed by atoms with Gasteiger partial charge in [0.1, 0.15) is 6.10 Å². The van der Waals surface area contributed by atoms with E-state index in [9.17, 15) is 4.79 Å². The van der Waals surface area contributed by atoms with Crippen LogP contribution >= 0.6 is 0 Å². The molecule has 3 rings (SSSR count). The Morgan fingerprint density at radius 3 is 2.36 bits per heavy atom. The fraction of sp³-hybridized carbons (Fsp3) is 0.316. The van der Waals surface area contributed by atoms with Crippen molar-refractivity contribution in [3.8, 4) is 0 Å². The lowest BCUT2D eigenvalue weighted by molar-refractivity contribution is -0.149. The van der Waals surface area contributed by atoms with Crippen LogP contribution in [0.25, 0.3) is 0 Å². The number of epoxide rings is 1. The van der Waals surface area contributed by atoms with Crippen LogP contribution in [-0.4, -0.2) is 18.2 Å². The average Bonchev–Trinajstić information content (AvgIpc) is 3.31. The third-order valence-corrected chi connectivity index (χ3v) is 4.05. The second-order valence-electron chi connectivity index (χ2n) is 5.50. The number of esters is 1. The maximum atomic E-state index is 12.4. The van der Waals surface area contributed by atoms with Gasteiger partial charge in [-0.3, -0.25) is 0 Å². The van der Waals surface area contributed by atoms with Gasteiger partial charge in [-0.2, -0.15) is 0 Å². The molecule has 1 aliphatic heterocycles. The van der Waals surface area contributed by atoms with Crippen molar-refractivity contribution in [1.82, 2.24) is 0 Å². The smallest absolute Gasteiger partial charge is 0.341 e. The Morgan fingerprint density at radius 1 is 1.09 bits per heavy atom. The molecule has 0 radical (unpaired) electrons. The van der Waals surface area contributed by atoms with Crippen molar-refractivity contribution >= 4 is 5.97 Å². The maximum Gasteiger partial charge on any atom is 0.341 e. The number of ether oxygens (including phenoxy) is 2. The predicted molar refractivity (Wildman–Crippen MR) is 84.4 cm³/mol. The van der Waals surface area contributed by atoms with Crippen LogP contribution in [0.4, 0.5) is 0 Å². The van der Waals surface area contributed by atoms with Crippen molar-refractivity contribution in [2.75, 3.05) is 6.61 Å². The van der Waals surface area contributed by atoms with Crippen LogP contribution in [0.3, 0.4) is 0 Å². The molecule has 0 aromatic heterocycles. The first-order chi connectivity index (χ1) is 10.8. The van der Waals surface area contributed by atoms with Crippen molar-refractivity contribution < 1.29 is 14.3 Å². The molecule has 0 saturated carbocycles. The Hall–Kier alpha value is -2.13. The topological polar surface area (TPSA) is 38.8 Å². The second kappa shape index (κ2) is 6.32. The quantitative estimate of drug-likeness (QED) is 0.603. The van der Waals surface area contributed by atoms with Crippen LogP contribution in [0.15, 0.2) is 60.7 Å². The first kappa shape index (κ1) is 14.8. The van der Waals surface area contributed by atoms with Crippen molar-refractivity contribution in [2.45, 2.75) is 31.5 Å². The van der Waals surface area contributed by atoms with Gasteiger partial charge in [0.25, 0.3) is 0 Å². The summed E-state index contributed by atoms with van der Waals surface area (Å²) in [6.07, 6.45) is 1.23. The molecule has 3 nitrogen and oxygen atoms in total. The summed E-state index contributed by atoms with van der Waals surface area (Å²) < 4.78 is 11.1. The zero-order chi connectivity index (χ0) is 15.4. The molecule has 2 aromatic carbocycles. The second-order valence-corrected chi connectivity index (χ2v) is 5.50. The lowest BCUT2D eigenvalue weighted by atomic mass is 9.92. The minimum atomic E-state index is -0.826. The van der Waals surface area contributed by atoms with Crippen LogP contribution in [-0.2, 0) is 20.7 Å². The van der Waals surface area contributed by atoms with Gasteiger partial charge >= 0.3 is 5.97 Å². The third kappa shape index (κ3) is 2.90. The van der Waals surface area contributed by atoms with E-state index in [1.807, 2.05) is 55.5 Å². The van der Waals surface area contributed by atoms with Crippen LogP contribution in [0.2, 0.25) is 0 Å². The molecule has 1 fully saturated rings. The van der Waals surface area contributed by atoms with Crippen molar-refractivity contribution in [3.05, 3.63) is 71.8 Å². The van der Waals surface area contributed by atoms with Gasteiger partial charge in [-0.15, -0.1) is 0 Å². The minimum Gasteiger partial charge on any atom is -0.464 e. The Morgan fingerprint density at radius 2 is 1.73 bits per heavy atom. The normalized spacial score (nSPS) is 23.0.